The number of aromatic nitrogens is 3. The molecule has 0 radical (unpaired) electrons. The minimum absolute atomic E-state index is 0.0451. The van der Waals surface area contributed by atoms with E-state index in [9.17, 15) is 14.4 Å². The Labute approximate surface area is 202 Å². The van der Waals surface area contributed by atoms with Gasteiger partial charge >= 0.3 is 0 Å². The van der Waals surface area contributed by atoms with Crippen LogP contribution < -0.4 is 10.9 Å². The Balaban J connectivity index is 1.14. The highest BCUT2D eigenvalue weighted by Gasteiger charge is 2.33. The number of thiophene rings is 1. The molecule has 3 aliphatic rings. The molecule has 6 rings (SSSR count). The summed E-state index contributed by atoms with van der Waals surface area (Å²) in [6.07, 6.45) is 3.62. The van der Waals surface area contributed by atoms with Crippen molar-refractivity contribution in [2.45, 2.75) is 49.8 Å². The predicted octanol–water partition coefficient (Wildman–Crippen LogP) is 3.12. The summed E-state index contributed by atoms with van der Waals surface area (Å²) < 4.78 is 1.76. The topological polar surface area (TPSA) is 97.2 Å². The second-order valence-corrected chi connectivity index (χ2v) is 11.3. The lowest BCUT2D eigenvalue weighted by Gasteiger charge is -2.27. The molecule has 0 spiro atoms. The first-order valence-corrected chi connectivity index (χ1v) is 13.7. The Hall–Kier alpha value is -2.50. The number of thioether (sulfide) groups is 1. The van der Waals surface area contributed by atoms with E-state index in [-0.39, 0.29) is 23.4 Å². The van der Waals surface area contributed by atoms with Crippen LogP contribution in [0.15, 0.2) is 26.8 Å². The van der Waals surface area contributed by atoms with Crippen molar-refractivity contribution in [2.75, 3.05) is 17.6 Å². The number of nitrogens with zero attached hydrogens (tertiary/aromatic N) is 4. The van der Waals surface area contributed by atoms with Gasteiger partial charge in [-0.1, -0.05) is 23.1 Å². The lowest BCUT2D eigenvalue weighted by molar-refractivity contribution is -0.132. The van der Waals surface area contributed by atoms with Crippen LogP contribution in [-0.2, 0) is 30.6 Å². The van der Waals surface area contributed by atoms with E-state index in [1.54, 1.807) is 27.8 Å². The molecule has 5 heterocycles. The second kappa shape index (κ2) is 8.37. The maximum Gasteiger partial charge on any atom is 0.258 e. The van der Waals surface area contributed by atoms with Crippen LogP contribution in [0.3, 0.4) is 0 Å². The van der Waals surface area contributed by atoms with E-state index in [2.05, 4.69) is 10.3 Å². The number of aryl methyl sites for hydroxylation is 1. The highest BCUT2D eigenvalue weighted by atomic mass is 32.2. The first kappa shape index (κ1) is 21.1. The number of carbonyl (C=O) groups is 2. The van der Waals surface area contributed by atoms with Gasteiger partial charge in [0, 0.05) is 41.0 Å². The van der Waals surface area contributed by atoms with E-state index in [0.717, 1.165) is 46.2 Å². The fourth-order valence-electron chi connectivity index (χ4n) is 4.66. The van der Waals surface area contributed by atoms with Crippen LogP contribution in [-0.4, -0.2) is 43.5 Å². The molecule has 2 aliphatic heterocycles. The highest BCUT2D eigenvalue weighted by molar-refractivity contribution is 7.99. The summed E-state index contributed by atoms with van der Waals surface area (Å²) in [5, 5.41) is 7.86. The Bertz CT molecular complexity index is 1310. The van der Waals surface area contributed by atoms with Crippen LogP contribution in [0.4, 0.5) is 5.13 Å². The van der Waals surface area contributed by atoms with Gasteiger partial charge in [-0.15, -0.1) is 0 Å². The van der Waals surface area contributed by atoms with E-state index >= 15 is 0 Å². The van der Waals surface area contributed by atoms with E-state index in [1.165, 1.54) is 22.7 Å². The van der Waals surface area contributed by atoms with Crippen LogP contribution in [0.5, 0.6) is 0 Å². The molecule has 170 valence electrons. The van der Waals surface area contributed by atoms with Gasteiger partial charge in [-0.25, -0.2) is 9.97 Å². The van der Waals surface area contributed by atoms with Crippen molar-refractivity contribution in [1.29, 1.82) is 0 Å². The first-order chi connectivity index (χ1) is 16.1. The molecule has 0 fully saturated rings. The molecular formula is C22H21N5O3S3. The lowest BCUT2D eigenvalue weighted by Crippen LogP contribution is -2.38. The summed E-state index contributed by atoms with van der Waals surface area (Å²) in [6, 6.07) is 1.63. The van der Waals surface area contributed by atoms with E-state index in [0.29, 0.717) is 42.4 Å². The fraction of sp³-hybridized carbons (Fsp3) is 0.409. The van der Waals surface area contributed by atoms with Gasteiger partial charge in [0.05, 0.1) is 29.5 Å². The average Bonchev–Trinajstić information content (AvgIpc) is 3.59. The van der Waals surface area contributed by atoms with E-state index < -0.39 is 0 Å². The zero-order valence-corrected chi connectivity index (χ0v) is 20.2. The van der Waals surface area contributed by atoms with Gasteiger partial charge in [0.15, 0.2) is 10.3 Å². The molecule has 2 amide bonds. The molecule has 33 heavy (non-hydrogen) atoms. The van der Waals surface area contributed by atoms with Crippen LogP contribution >= 0.6 is 34.4 Å². The molecule has 1 aliphatic carbocycles. The monoisotopic (exact) mass is 499 g/mol. The van der Waals surface area contributed by atoms with Gasteiger partial charge in [0.2, 0.25) is 5.91 Å². The van der Waals surface area contributed by atoms with E-state index in [4.69, 9.17) is 4.98 Å². The molecule has 1 unspecified atom stereocenters. The normalized spacial score (nSPS) is 18.7. The van der Waals surface area contributed by atoms with Gasteiger partial charge in [0.1, 0.15) is 0 Å². The Morgan fingerprint density at radius 1 is 1.18 bits per heavy atom. The van der Waals surface area contributed by atoms with Gasteiger partial charge in [-0.2, -0.15) is 11.3 Å². The number of carbonyl (C=O) groups excluding carboxylic acids is 2. The number of anilines is 1. The second-order valence-electron chi connectivity index (χ2n) is 8.44. The number of nitrogens with one attached hydrogen (secondary N) is 1. The maximum atomic E-state index is 13.2. The molecule has 0 saturated heterocycles. The van der Waals surface area contributed by atoms with Gasteiger partial charge in [0.25, 0.3) is 11.5 Å². The average molecular weight is 500 g/mol. The van der Waals surface area contributed by atoms with Crippen molar-refractivity contribution in [2.24, 2.45) is 0 Å². The number of hydrogen-bond acceptors (Lipinski definition) is 8. The summed E-state index contributed by atoms with van der Waals surface area (Å²) in [6.45, 7) is 1.09. The van der Waals surface area contributed by atoms with E-state index in [1.807, 2.05) is 10.3 Å². The van der Waals surface area contributed by atoms with Crippen molar-refractivity contribution in [3.63, 3.8) is 0 Å². The van der Waals surface area contributed by atoms with Crippen molar-refractivity contribution in [1.82, 2.24) is 19.4 Å². The zero-order chi connectivity index (χ0) is 22.5. The summed E-state index contributed by atoms with van der Waals surface area (Å²) in [7, 11) is 0. The third-order valence-corrected chi connectivity index (χ3v) is 9.15. The van der Waals surface area contributed by atoms with Gasteiger partial charge < -0.3 is 4.90 Å². The summed E-state index contributed by atoms with van der Waals surface area (Å²) in [5.74, 6) is 0.580. The number of thiazole rings is 1. The molecule has 8 nitrogen and oxygen atoms in total. The molecule has 3 aromatic heterocycles. The number of fused-ring (bicyclic) bond motifs is 3. The third kappa shape index (κ3) is 3.81. The predicted molar refractivity (Wildman–Crippen MR) is 128 cm³/mol. The largest absolute Gasteiger partial charge is 0.337 e. The first-order valence-electron chi connectivity index (χ1n) is 10.9. The minimum Gasteiger partial charge on any atom is -0.337 e. The van der Waals surface area contributed by atoms with Crippen molar-refractivity contribution in [3.8, 4) is 0 Å². The number of amides is 2. The van der Waals surface area contributed by atoms with Crippen molar-refractivity contribution < 1.29 is 9.59 Å². The Kier molecular flexibility index (Phi) is 5.34. The smallest absolute Gasteiger partial charge is 0.258 e. The lowest BCUT2D eigenvalue weighted by atomic mass is 10.1. The molecule has 0 bridgehead atoms. The molecule has 11 heteroatoms. The molecule has 3 aromatic rings. The SMILES string of the molecule is O=C(Nc1nc2c(s1)CN(C(=O)CC1CSc3nc4c(c(=O)n31)CCC4)CC2)c1ccsc1. The fourth-order valence-corrected chi connectivity index (χ4v) is 7.47. The zero-order valence-electron chi connectivity index (χ0n) is 17.7. The summed E-state index contributed by atoms with van der Waals surface area (Å²) in [5.41, 5.74) is 3.39. The molecule has 0 saturated carbocycles. The molecule has 1 atom stereocenters. The van der Waals surface area contributed by atoms with Gasteiger partial charge in [-0.3, -0.25) is 24.3 Å². The van der Waals surface area contributed by atoms with Crippen molar-refractivity contribution in [3.05, 3.63) is 54.6 Å². The van der Waals surface area contributed by atoms with Gasteiger partial charge in [-0.05, 0) is 30.7 Å². The minimum atomic E-state index is -0.168. The number of hydrogen-bond donors (Lipinski definition) is 1. The Morgan fingerprint density at radius 2 is 2.09 bits per heavy atom. The third-order valence-electron chi connectivity index (χ3n) is 6.37. The Morgan fingerprint density at radius 3 is 2.94 bits per heavy atom. The van der Waals surface area contributed by atoms with Crippen molar-refractivity contribution >= 4 is 51.4 Å². The molecule has 1 N–H and O–H groups in total. The summed E-state index contributed by atoms with van der Waals surface area (Å²) in [4.78, 5) is 50.6. The van der Waals surface area contributed by atoms with Crippen LogP contribution in [0.1, 0.15) is 51.1 Å². The molecule has 0 aromatic carbocycles. The van der Waals surface area contributed by atoms with Crippen LogP contribution in [0.2, 0.25) is 0 Å². The quantitative estimate of drug-likeness (QED) is 0.554. The molecular weight excluding hydrogens is 478 g/mol. The van der Waals surface area contributed by atoms with Crippen LogP contribution in [0, 0.1) is 0 Å². The summed E-state index contributed by atoms with van der Waals surface area (Å²) >= 11 is 4.48. The standard InChI is InChI=1S/C22H21N5O3S3/c28-18(8-13-11-32-22-24-15-3-1-2-14(15)20(30)27(13)22)26-6-4-16-17(9-26)33-21(23-16)25-19(29)12-5-7-31-10-12/h5,7,10,13H,1-4,6,8-9,11H2,(H,23,25,29). The van der Waals surface area contributed by atoms with Crippen LogP contribution in [0.25, 0.3) is 0 Å². The number of rotatable bonds is 4. The maximum absolute atomic E-state index is 13.2. The highest BCUT2D eigenvalue weighted by Crippen LogP contribution is 2.35.